The molecule has 2 aliphatic heterocycles. The highest BCUT2D eigenvalue weighted by Crippen LogP contribution is 2.35. The molecule has 1 atom stereocenters. The molecule has 0 aromatic heterocycles. The summed E-state index contributed by atoms with van der Waals surface area (Å²) in [7, 11) is 3.30. The Kier molecular flexibility index (Phi) is 6.66. The number of methoxy groups -OCH3 is 2. The maximum absolute atomic E-state index is 13.2. The molecule has 0 aliphatic carbocycles. The van der Waals surface area contributed by atoms with Crippen molar-refractivity contribution in [3.8, 4) is 17.2 Å². The maximum Gasteiger partial charge on any atom is 0.237 e. The van der Waals surface area contributed by atoms with Crippen molar-refractivity contribution in [3.63, 3.8) is 0 Å². The van der Waals surface area contributed by atoms with Gasteiger partial charge < -0.3 is 19.1 Å². The fraction of sp³-hybridized carbons (Fsp3) is 0.480. The van der Waals surface area contributed by atoms with Gasteiger partial charge in [-0.15, -0.1) is 0 Å². The first-order chi connectivity index (χ1) is 15.1. The number of carbonyl (C=O) groups excluding carboxylic acids is 1. The summed E-state index contributed by atoms with van der Waals surface area (Å²) in [6.45, 7) is 5.43. The van der Waals surface area contributed by atoms with Crippen LogP contribution >= 0.6 is 0 Å². The van der Waals surface area contributed by atoms with E-state index in [1.165, 1.54) is 11.1 Å². The highest BCUT2D eigenvalue weighted by molar-refractivity contribution is 5.78. The molecule has 2 aromatic carbocycles. The van der Waals surface area contributed by atoms with Gasteiger partial charge in [-0.25, -0.2) is 0 Å². The Bertz CT molecular complexity index is 912. The van der Waals surface area contributed by atoms with E-state index in [9.17, 15) is 4.79 Å². The van der Waals surface area contributed by atoms with E-state index in [1.807, 2.05) is 36.1 Å². The molecule has 1 unspecified atom stereocenters. The molecule has 31 heavy (non-hydrogen) atoms. The van der Waals surface area contributed by atoms with Gasteiger partial charge in [0.25, 0.3) is 0 Å². The van der Waals surface area contributed by atoms with Crippen LogP contribution in [0.4, 0.5) is 0 Å². The monoisotopic (exact) mass is 424 g/mol. The zero-order valence-electron chi connectivity index (χ0n) is 18.7. The number of hydrogen-bond acceptors (Lipinski definition) is 5. The third kappa shape index (κ3) is 4.64. The van der Waals surface area contributed by atoms with E-state index in [-0.39, 0.29) is 5.91 Å². The molecule has 0 N–H and O–H groups in total. The molecule has 1 fully saturated rings. The predicted octanol–water partition coefficient (Wildman–Crippen LogP) is 3.82. The van der Waals surface area contributed by atoms with Crippen LogP contribution in [0.1, 0.15) is 42.5 Å². The van der Waals surface area contributed by atoms with Gasteiger partial charge in [-0.3, -0.25) is 9.69 Å². The molecule has 0 saturated carbocycles. The molecule has 0 bridgehead atoms. The summed E-state index contributed by atoms with van der Waals surface area (Å²) < 4.78 is 16.4. The lowest BCUT2D eigenvalue weighted by atomic mass is 9.98. The minimum atomic E-state index is 0.193. The van der Waals surface area contributed by atoms with Crippen molar-refractivity contribution < 1.29 is 19.0 Å². The van der Waals surface area contributed by atoms with Gasteiger partial charge in [0.15, 0.2) is 11.5 Å². The highest BCUT2D eigenvalue weighted by atomic mass is 16.5. The lowest BCUT2D eigenvalue weighted by Crippen LogP contribution is -2.42. The van der Waals surface area contributed by atoms with Gasteiger partial charge in [0.2, 0.25) is 5.91 Å². The number of benzene rings is 2. The van der Waals surface area contributed by atoms with Crippen LogP contribution in [0.25, 0.3) is 0 Å². The second-order valence-corrected chi connectivity index (χ2v) is 8.17. The SMILES string of the molecule is CCOc1ccc(C2CCCN2CC(=O)N2CCc3cc(OC)c(OC)cc3C2)cc1. The summed E-state index contributed by atoms with van der Waals surface area (Å²) in [4.78, 5) is 17.5. The van der Waals surface area contributed by atoms with E-state index in [1.54, 1.807) is 14.2 Å². The Morgan fingerprint density at radius 2 is 1.74 bits per heavy atom. The first kappa shape index (κ1) is 21.5. The number of carbonyl (C=O) groups is 1. The molecule has 166 valence electrons. The van der Waals surface area contributed by atoms with Crippen LogP contribution in [0.15, 0.2) is 36.4 Å². The molecule has 0 spiro atoms. The van der Waals surface area contributed by atoms with Crippen LogP contribution in [0.5, 0.6) is 17.2 Å². The molecule has 1 amide bonds. The molecule has 2 aliphatic rings. The summed E-state index contributed by atoms with van der Waals surface area (Å²) in [5, 5.41) is 0. The second kappa shape index (κ2) is 9.60. The number of fused-ring (bicyclic) bond motifs is 1. The summed E-state index contributed by atoms with van der Waals surface area (Å²) in [6.07, 6.45) is 3.04. The van der Waals surface area contributed by atoms with E-state index in [0.29, 0.717) is 31.5 Å². The summed E-state index contributed by atoms with van der Waals surface area (Å²) in [6, 6.07) is 12.7. The molecule has 1 saturated heterocycles. The number of likely N-dealkylation sites (tertiary alicyclic amines) is 1. The van der Waals surface area contributed by atoms with Crippen LogP contribution < -0.4 is 14.2 Å². The molecule has 4 rings (SSSR count). The summed E-state index contributed by atoms with van der Waals surface area (Å²) >= 11 is 0. The van der Waals surface area contributed by atoms with Crippen LogP contribution in [0.3, 0.4) is 0 Å². The minimum Gasteiger partial charge on any atom is -0.494 e. The molecule has 6 nitrogen and oxygen atoms in total. The van der Waals surface area contributed by atoms with Gasteiger partial charge >= 0.3 is 0 Å². The van der Waals surface area contributed by atoms with Gasteiger partial charge in [-0.2, -0.15) is 0 Å². The van der Waals surface area contributed by atoms with Crippen LogP contribution in [0, 0.1) is 0 Å². The van der Waals surface area contributed by atoms with Crippen LogP contribution in [0.2, 0.25) is 0 Å². The normalized spacial score (nSPS) is 18.5. The molecule has 2 heterocycles. The van der Waals surface area contributed by atoms with E-state index in [4.69, 9.17) is 14.2 Å². The number of ether oxygens (including phenoxy) is 3. The Hall–Kier alpha value is -2.73. The highest BCUT2D eigenvalue weighted by Gasteiger charge is 2.30. The van der Waals surface area contributed by atoms with E-state index >= 15 is 0 Å². The van der Waals surface area contributed by atoms with Crippen molar-refractivity contribution in [2.45, 2.75) is 38.8 Å². The number of hydrogen-bond donors (Lipinski definition) is 0. The zero-order valence-corrected chi connectivity index (χ0v) is 18.7. The topological polar surface area (TPSA) is 51.2 Å². The summed E-state index contributed by atoms with van der Waals surface area (Å²) in [5.74, 6) is 2.55. The van der Waals surface area contributed by atoms with Gasteiger partial charge in [-0.05, 0) is 73.7 Å². The second-order valence-electron chi connectivity index (χ2n) is 8.17. The third-order valence-electron chi connectivity index (χ3n) is 6.35. The van der Waals surface area contributed by atoms with Crippen molar-refractivity contribution in [1.29, 1.82) is 0 Å². The molecule has 0 radical (unpaired) electrons. The molecule has 2 aromatic rings. The van der Waals surface area contributed by atoms with Crippen molar-refractivity contribution >= 4 is 5.91 Å². The molecular formula is C25H32N2O4. The van der Waals surface area contributed by atoms with Crippen molar-refractivity contribution in [1.82, 2.24) is 9.80 Å². The van der Waals surface area contributed by atoms with Crippen LogP contribution in [-0.4, -0.2) is 56.2 Å². The lowest BCUT2D eigenvalue weighted by Gasteiger charge is -2.32. The van der Waals surface area contributed by atoms with Crippen molar-refractivity contribution in [2.75, 3.05) is 40.5 Å². The first-order valence-corrected chi connectivity index (χ1v) is 11.1. The molecular weight excluding hydrogens is 392 g/mol. The number of nitrogens with zero attached hydrogens (tertiary/aromatic N) is 2. The maximum atomic E-state index is 13.2. The minimum absolute atomic E-state index is 0.193. The Morgan fingerprint density at radius 1 is 1.03 bits per heavy atom. The van der Waals surface area contributed by atoms with E-state index < -0.39 is 0 Å². The average Bonchev–Trinajstić information content (AvgIpc) is 3.26. The predicted molar refractivity (Wildman–Crippen MR) is 120 cm³/mol. The van der Waals surface area contributed by atoms with Crippen LogP contribution in [-0.2, 0) is 17.8 Å². The quantitative estimate of drug-likeness (QED) is 0.676. The Labute approximate surface area is 184 Å². The number of rotatable bonds is 7. The van der Waals surface area contributed by atoms with Gasteiger partial charge in [0.05, 0.1) is 27.4 Å². The standard InChI is InChI=1S/C25H32N2O4/c1-4-31-21-9-7-18(8-10-21)22-6-5-12-26(22)17-25(28)27-13-11-19-14-23(29-2)24(30-3)15-20(19)16-27/h7-10,14-15,22H,4-6,11-13,16-17H2,1-3H3. The fourth-order valence-corrected chi connectivity index (χ4v) is 4.72. The van der Waals surface area contributed by atoms with E-state index in [2.05, 4.69) is 17.0 Å². The smallest absolute Gasteiger partial charge is 0.237 e. The number of amides is 1. The largest absolute Gasteiger partial charge is 0.494 e. The summed E-state index contributed by atoms with van der Waals surface area (Å²) in [5.41, 5.74) is 3.63. The third-order valence-corrected chi connectivity index (χ3v) is 6.35. The average molecular weight is 425 g/mol. The Balaban J connectivity index is 1.42. The molecule has 6 heteroatoms. The lowest BCUT2D eigenvalue weighted by molar-refractivity contribution is -0.133. The first-order valence-electron chi connectivity index (χ1n) is 11.1. The van der Waals surface area contributed by atoms with Gasteiger partial charge in [0.1, 0.15) is 5.75 Å². The van der Waals surface area contributed by atoms with Gasteiger partial charge in [-0.1, -0.05) is 12.1 Å². The van der Waals surface area contributed by atoms with Gasteiger partial charge in [0, 0.05) is 19.1 Å². The zero-order chi connectivity index (χ0) is 21.8. The fourth-order valence-electron chi connectivity index (χ4n) is 4.72. The Morgan fingerprint density at radius 3 is 2.42 bits per heavy atom. The van der Waals surface area contributed by atoms with Crippen molar-refractivity contribution in [3.05, 3.63) is 53.1 Å². The van der Waals surface area contributed by atoms with E-state index in [0.717, 1.165) is 49.4 Å². The van der Waals surface area contributed by atoms with Crippen molar-refractivity contribution in [2.24, 2.45) is 0 Å².